The van der Waals surface area contributed by atoms with Crippen LogP contribution < -0.4 is 16.7 Å². The number of aromatic nitrogens is 2. The average Bonchev–Trinajstić information content (AvgIpc) is 3.11. The topological polar surface area (TPSA) is 94.0 Å². The lowest BCUT2D eigenvalue weighted by Crippen LogP contribution is -2.27. The van der Waals surface area contributed by atoms with Crippen molar-refractivity contribution in [3.63, 3.8) is 0 Å². The fourth-order valence-corrected chi connectivity index (χ4v) is 4.57. The van der Waals surface area contributed by atoms with E-state index in [-0.39, 0.29) is 39.6 Å². The summed E-state index contributed by atoms with van der Waals surface area (Å²) in [5, 5.41) is 1.59. The summed E-state index contributed by atoms with van der Waals surface area (Å²) in [7, 11) is 0. The van der Waals surface area contributed by atoms with E-state index in [4.69, 9.17) is 10.3 Å². The molecule has 0 aliphatic heterocycles. The Morgan fingerprint density at radius 2 is 1.87 bits per heavy atom. The number of fused-ring (bicyclic) bond motifs is 2. The maximum absolute atomic E-state index is 15.1. The van der Waals surface area contributed by atoms with Gasteiger partial charge in [0.25, 0.3) is 5.56 Å². The molecule has 0 spiro atoms. The highest BCUT2D eigenvalue weighted by molar-refractivity contribution is 5.93. The van der Waals surface area contributed by atoms with Gasteiger partial charge in [0.1, 0.15) is 17.5 Å². The van der Waals surface area contributed by atoms with Crippen LogP contribution in [0.4, 0.5) is 13.2 Å². The normalized spacial score (nSPS) is 19.4. The minimum Gasteiger partial charge on any atom is -0.359 e. The highest BCUT2D eigenvalue weighted by Crippen LogP contribution is 2.36. The minimum atomic E-state index is -0.930. The largest absolute Gasteiger partial charge is 0.359 e. The van der Waals surface area contributed by atoms with Gasteiger partial charge in [-0.1, -0.05) is 6.42 Å². The van der Waals surface area contributed by atoms with Crippen LogP contribution in [0.3, 0.4) is 0 Å². The Kier molecular flexibility index (Phi) is 4.51. The van der Waals surface area contributed by atoms with E-state index in [2.05, 4.69) is 5.16 Å². The standard InChI is InChI=1S/C22H18F3N3O3/c23-11-4-5-17(16(25)7-11)28-18-9-13(10-2-1-3-12(26)6-10)15(24)8-14(18)20(29)19-21(30)27-31-22(19)28/h4-5,7-10,12H,1-3,6,26H2,(H,27,30). The average molecular weight is 429 g/mol. The highest BCUT2D eigenvalue weighted by Gasteiger charge is 2.26. The zero-order chi connectivity index (χ0) is 21.9. The molecule has 5 rings (SSSR count). The summed E-state index contributed by atoms with van der Waals surface area (Å²) in [4.78, 5) is 25.1. The molecule has 2 heterocycles. The van der Waals surface area contributed by atoms with Crippen molar-refractivity contribution in [3.05, 3.63) is 73.9 Å². The maximum Gasteiger partial charge on any atom is 0.293 e. The number of hydrogen-bond acceptors (Lipinski definition) is 4. The first-order valence-corrected chi connectivity index (χ1v) is 9.95. The Balaban J connectivity index is 1.90. The van der Waals surface area contributed by atoms with Crippen LogP contribution in [0.25, 0.3) is 27.7 Å². The lowest BCUT2D eigenvalue weighted by molar-refractivity contribution is 0.385. The first-order chi connectivity index (χ1) is 14.8. The van der Waals surface area contributed by atoms with Crippen LogP contribution in [0.2, 0.25) is 0 Å². The Hall–Kier alpha value is -3.33. The molecule has 4 aromatic rings. The maximum atomic E-state index is 15.1. The lowest BCUT2D eigenvalue weighted by atomic mass is 9.81. The number of aromatic amines is 1. The molecule has 0 saturated heterocycles. The number of nitrogens with zero attached hydrogens (tertiary/aromatic N) is 1. The summed E-state index contributed by atoms with van der Waals surface area (Å²) in [6.07, 6.45) is 3.01. The third-order valence-corrected chi connectivity index (χ3v) is 6.02. The monoisotopic (exact) mass is 429 g/mol. The quantitative estimate of drug-likeness (QED) is 0.507. The molecule has 3 N–H and O–H groups in total. The van der Waals surface area contributed by atoms with Crippen LogP contribution in [0.5, 0.6) is 0 Å². The van der Waals surface area contributed by atoms with Crippen molar-refractivity contribution >= 4 is 22.0 Å². The summed E-state index contributed by atoms with van der Waals surface area (Å²) in [6.45, 7) is 0. The van der Waals surface area contributed by atoms with Crippen LogP contribution >= 0.6 is 0 Å². The van der Waals surface area contributed by atoms with Gasteiger partial charge in [-0.3, -0.25) is 14.2 Å². The number of H-pyrrole nitrogens is 1. The Morgan fingerprint density at radius 1 is 1.06 bits per heavy atom. The van der Waals surface area contributed by atoms with E-state index in [0.29, 0.717) is 18.1 Å². The van der Waals surface area contributed by atoms with Gasteiger partial charge in [0.2, 0.25) is 11.1 Å². The van der Waals surface area contributed by atoms with Crippen LogP contribution in [0.15, 0.2) is 44.4 Å². The third kappa shape index (κ3) is 3.07. The molecule has 1 aliphatic carbocycles. The zero-order valence-corrected chi connectivity index (χ0v) is 16.3. The Morgan fingerprint density at radius 3 is 2.61 bits per heavy atom. The molecule has 2 atom stereocenters. The third-order valence-electron chi connectivity index (χ3n) is 6.02. The zero-order valence-electron chi connectivity index (χ0n) is 16.3. The number of nitrogens with two attached hydrogens (primary N) is 1. The summed E-state index contributed by atoms with van der Waals surface area (Å²) in [6, 6.07) is 5.38. The second kappa shape index (κ2) is 7.12. The number of halogens is 3. The number of nitrogens with one attached hydrogen (secondary N) is 1. The molecule has 0 amide bonds. The van der Waals surface area contributed by atoms with Gasteiger partial charge in [-0.05, 0) is 55.0 Å². The molecule has 160 valence electrons. The molecule has 1 aliphatic rings. The molecule has 6 nitrogen and oxygen atoms in total. The van der Waals surface area contributed by atoms with Crippen molar-refractivity contribution in [1.82, 2.24) is 9.72 Å². The number of benzene rings is 2. The van der Waals surface area contributed by atoms with E-state index in [1.54, 1.807) is 0 Å². The second-order valence-corrected chi connectivity index (χ2v) is 7.99. The first kappa shape index (κ1) is 19.6. The highest BCUT2D eigenvalue weighted by atomic mass is 19.1. The molecular weight excluding hydrogens is 411 g/mol. The molecule has 0 radical (unpaired) electrons. The smallest absolute Gasteiger partial charge is 0.293 e. The van der Waals surface area contributed by atoms with Crippen molar-refractivity contribution in [3.8, 4) is 5.69 Å². The number of hydrogen-bond donors (Lipinski definition) is 2. The van der Waals surface area contributed by atoms with Gasteiger partial charge < -0.3 is 10.3 Å². The van der Waals surface area contributed by atoms with E-state index in [1.807, 2.05) is 0 Å². The molecular formula is C22H18F3N3O3. The van der Waals surface area contributed by atoms with Crippen LogP contribution in [-0.2, 0) is 0 Å². The van der Waals surface area contributed by atoms with E-state index < -0.39 is 28.4 Å². The van der Waals surface area contributed by atoms with Crippen molar-refractivity contribution < 1.29 is 17.7 Å². The van der Waals surface area contributed by atoms with Crippen molar-refractivity contribution in [2.24, 2.45) is 5.73 Å². The number of rotatable bonds is 2. The van der Waals surface area contributed by atoms with Crippen molar-refractivity contribution in [2.75, 3.05) is 0 Å². The molecule has 31 heavy (non-hydrogen) atoms. The summed E-state index contributed by atoms with van der Waals surface area (Å²) in [5.41, 5.74) is 4.65. The van der Waals surface area contributed by atoms with E-state index in [9.17, 15) is 18.4 Å². The van der Waals surface area contributed by atoms with Crippen molar-refractivity contribution in [2.45, 2.75) is 37.6 Å². The molecule has 0 bridgehead atoms. The Bertz CT molecular complexity index is 1450. The fraction of sp³-hybridized carbons (Fsp3) is 0.273. The van der Waals surface area contributed by atoms with Gasteiger partial charge in [-0.15, -0.1) is 0 Å². The predicted octanol–water partition coefficient (Wildman–Crippen LogP) is 3.83. The van der Waals surface area contributed by atoms with Crippen molar-refractivity contribution in [1.29, 1.82) is 0 Å². The van der Waals surface area contributed by atoms with Gasteiger partial charge in [0.15, 0.2) is 5.39 Å². The molecule has 2 aromatic carbocycles. The van der Waals surface area contributed by atoms with Gasteiger partial charge in [0, 0.05) is 12.1 Å². The molecule has 9 heteroatoms. The summed E-state index contributed by atoms with van der Waals surface area (Å²) < 4.78 is 49.7. The van der Waals surface area contributed by atoms with E-state index in [0.717, 1.165) is 31.4 Å². The van der Waals surface area contributed by atoms with E-state index in [1.165, 1.54) is 16.7 Å². The number of pyridine rings is 1. The van der Waals surface area contributed by atoms with Crippen LogP contribution in [0, 0.1) is 17.5 Å². The van der Waals surface area contributed by atoms with Gasteiger partial charge >= 0.3 is 0 Å². The van der Waals surface area contributed by atoms with E-state index >= 15 is 4.39 Å². The lowest BCUT2D eigenvalue weighted by Gasteiger charge is -2.27. The molecule has 2 unspecified atom stereocenters. The molecule has 1 fully saturated rings. The van der Waals surface area contributed by atoms with Gasteiger partial charge in [0.05, 0.1) is 16.6 Å². The van der Waals surface area contributed by atoms with Crippen LogP contribution in [-0.4, -0.2) is 15.8 Å². The first-order valence-electron chi connectivity index (χ1n) is 9.95. The summed E-state index contributed by atoms with van der Waals surface area (Å²) >= 11 is 0. The van der Waals surface area contributed by atoms with Gasteiger partial charge in [-0.25, -0.2) is 13.2 Å². The summed E-state index contributed by atoms with van der Waals surface area (Å²) in [5.74, 6) is -2.47. The second-order valence-electron chi connectivity index (χ2n) is 7.99. The SMILES string of the molecule is NC1CCCC(c2cc3c(cc2F)c(=O)c2c(=O)[nH]oc2n3-c2ccc(F)cc2F)C1. The minimum absolute atomic E-state index is 0.0595. The molecule has 2 aromatic heterocycles. The fourth-order valence-electron chi connectivity index (χ4n) is 4.57. The predicted molar refractivity (Wildman–Crippen MR) is 109 cm³/mol. The van der Waals surface area contributed by atoms with Gasteiger partial charge in [-0.2, -0.15) is 5.16 Å². The molecule has 1 saturated carbocycles. The van der Waals surface area contributed by atoms with Crippen LogP contribution in [0.1, 0.15) is 37.2 Å². The Labute approximate surface area is 173 Å².